The van der Waals surface area contributed by atoms with Gasteiger partial charge >= 0.3 is 0 Å². The Balaban J connectivity index is 2.45. The molecule has 1 aromatic carbocycles. The Morgan fingerprint density at radius 2 is 1.75 bits per heavy atom. The highest BCUT2D eigenvalue weighted by Crippen LogP contribution is 2.19. The van der Waals surface area contributed by atoms with Gasteiger partial charge in [0.1, 0.15) is 11.6 Å². The molecule has 0 bridgehead atoms. The summed E-state index contributed by atoms with van der Waals surface area (Å²) in [5, 5.41) is 0.676. The van der Waals surface area contributed by atoms with Crippen molar-refractivity contribution in [2.75, 3.05) is 0 Å². The van der Waals surface area contributed by atoms with Crippen LogP contribution in [0.4, 0.5) is 0 Å². The second-order valence-corrected chi connectivity index (χ2v) is 6.25. The number of Topliss-reactive ketones (excluding diaryl/α,β-unsaturated/α-hetero) is 2. The fraction of sp³-hybridized carbons (Fsp3) is 0.529. The topological polar surface area (TPSA) is 34.1 Å². The Bertz CT molecular complexity index is 449. The smallest absolute Gasteiger partial charge is 0.137 e. The molecular formula is C17H23ClO2. The lowest BCUT2D eigenvalue weighted by Crippen LogP contribution is -2.16. The van der Waals surface area contributed by atoms with Gasteiger partial charge in [-0.1, -0.05) is 37.6 Å². The highest BCUT2D eigenvalue weighted by molar-refractivity contribution is 6.30. The largest absolute Gasteiger partial charge is 0.300 e. The Kier molecular flexibility index (Phi) is 6.94. The van der Waals surface area contributed by atoms with Crippen molar-refractivity contribution in [2.45, 2.75) is 46.5 Å². The highest BCUT2D eigenvalue weighted by atomic mass is 35.5. The summed E-state index contributed by atoms with van der Waals surface area (Å²) in [6, 6.07) is 7.33. The van der Waals surface area contributed by atoms with E-state index in [-0.39, 0.29) is 17.5 Å². The van der Waals surface area contributed by atoms with E-state index in [4.69, 9.17) is 11.6 Å². The predicted octanol–water partition coefficient (Wildman–Crippen LogP) is 4.48. The minimum absolute atomic E-state index is 0.0177. The molecule has 0 spiro atoms. The molecule has 0 saturated heterocycles. The van der Waals surface area contributed by atoms with Gasteiger partial charge in [0.25, 0.3) is 0 Å². The van der Waals surface area contributed by atoms with E-state index in [1.165, 1.54) is 0 Å². The van der Waals surface area contributed by atoms with E-state index in [1.54, 1.807) is 19.1 Å². The Hall–Kier alpha value is -1.15. The van der Waals surface area contributed by atoms with Crippen molar-refractivity contribution in [3.63, 3.8) is 0 Å². The van der Waals surface area contributed by atoms with Crippen molar-refractivity contribution in [1.29, 1.82) is 0 Å². The van der Waals surface area contributed by atoms with Crippen LogP contribution in [0.3, 0.4) is 0 Å². The van der Waals surface area contributed by atoms with Crippen molar-refractivity contribution < 1.29 is 9.59 Å². The fourth-order valence-electron chi connectivity index (χ4n) is 2.31. The molecule has 3 heteroatoms. The first kappa shape index (κ1) is 16.9. The monoisotopic (exact) mass is 294 g/mol. The molecule has 0 fully saturated rings. The molecule has 0 aliphatic heterocycles. The van der Waals surface area contributed by atoms with Crippen molar-refractivity contribution >= 4 is 23.2 Å². The van der Waals surface area contributed by atoms with Gasteiger partial charge in [-0.05, 0) is 43.4 Å². The Morgan fingerprint density at radius 1 is 1.15 bits per heavy atom. The molecule has 20 heavy (non-hydrogen) atoms. The minimum Gasteiger partial charge on any atom is -0.300 e. The van der Waals surface area contributed by atoms with E-state index < -0.39 is 0 Å². The summed E-state index contributed by atoms with van der Waals surface area (Å²) >= 11 is 5.81. The molecule has 0 aromatic heterocycles. The first-order chi connectivity index (χ1) is 9.38. The predicted molar refractivity (Wildman–Crippen MR) is 83.0 cm³/mol. The van der Waals surface area contributed by atoms with Crippen LogP contribution in [0, 0.1) is 11.8 Å². The van der Waals surface area contributed by atoms with Crippen LogP contribution < -0.4 is 0 Å². The second kappa shape index (κ2) is 8.21. The molecule has 0 N–H and O–H groups in total. The van der Waals surface area contributed by atoms with Gasteiger partial charge in [-0.3, -0.25) is 9.59 Å². The number of carbonyl (C=O) groups excluding carboxylic acids is 2. The summed E-state index contributed by atoms with van der Waals surface area (Å²) in [6.45, 7) is 5.83. The Morgan fingerprint density at radius 3 is 2.25 bits per heavy atom. The lowest BCUT2D eigenvalue weighted by atomic mass is 9.88. The lowest BCUT2D eigenvalue weighted by molar-refractivity contribution is -0.122. The summed E-state index contributed by atoms with van der Waals surface area (Å²) in [5.74, 6) is 0.875. The Labute approximate surface area is 126 Å². The van der Waals surface area contributed by atoms with Crippen LogP contribution in [-0.2, 0) is 16.0 Å². The van der Waals surface area contributed by atoms with Gasteiger partial charge in [0.2, 0.25) is 0 Å². The third kappa shape index (κ3) is 6.33. The number of benzene rings is 1. The number of rotatable bonds is 8. The van der Waals surface area contributed by atoms with E-state index in [0.29, 0.717) is 30.2 Å². The fourth-order valence-corrected chi connectivity index (χ4v) is 2.44. The lowest BCUT2D eigenvalue weighted by Gasteiger charge is -2.15. The third-order valence-corrected chi connectivity index (χ3v) is 3.67. The normalized spacial score (nSPS) is 12.4. The molecule has 1 unspecified atom stereocenters. The second-order valence-electron chi connectivity index (χ2n) is 5.82. The van der Waals surface area contributed by atoms with Gasteiger partial charge in [-0.2, -0.15) is 0 Å². The zero-order valence-electron chi connectivity index (χ0n) is 12.5. The molecule has 0 aliphatic carbocycles. The molecule has 0 amide bonds. The van der Waals surface area contributed by atoms with Crippen molar-refractivity contribution in [1.82, 2.24) is 0 Å². The number of hydrogen-bond donors (Lipinski definition) is 0. The number of ketones is 2. The molecule has 0 aliphatic rings. The summed E-state index contributed by atoms with van der Waals surface area (Å²) in [6.07, 6.45) is 2.42. The average molecular weight is 295 g/mol. The zero-order chi connectivity index (χ0) is 15.1. The van der Waals surface area contributed by atoms with Gasteiger partial charge in [-0.25, -0.2) is 0 Å². The first-order valence-electron chi connectivity index (χ1n) is 7.15. The standard InChI is InChI=1S/C17H23ClO2/c1-12(2)10-15(13(3)19)6-9-17(20)11-14-4-7-16(18)8-5-14/h4-5,7-8,12,15H,6,9-11H2,1-3H3. The number of hydrogen-bond acceptors (Lipinski definition) is 2. The van der Waals surface area contributed by atoms with Crippen molar-refractivity contribution in [3.05, 3.63) is 34.9 Å². The van der Waals surface area contributed by atoms with Crippen LogP contribution in [0.15, 0.2) is 24.3 Å². The maximum absolute atomic E-state index is 12.0. The minimum atomic E-state index is 0.0177. The molecule has 0 saturated carbocycles. The maximum atomic E-state index is 12.0. The summed E-state index contributed by atoms with van der Waals surface area (Å²) in [5.41, 5.74) is 0.975. The SMILES string of the molecule is CC(=O)C(CCC(=O)Cc1ccc(Cl)cc1)CC(C)C. The maximum Gasteiger partial charge on any atom is 0.137 e. The van der Waals surface area contributed by atoms with Gasteiger partial charge in [0.15, 0.2) is 0 Å². The van der Waals surface area contributed by atoms with Gasteiger partial charge in [-0.15, -0.1) is 0 Å². The molecule has 110 valence electrons. The summed E-state index contributed by atoms with van der Waals surface area (Å²) < 4.78 is 0. The summed E-state index contributed by atoms with van der Waals surface area (Å²) in [7, 11) is 0. The van der Waals surface area contributed by atoms with Crippen LogP contribution in [0.2, 0.25) is 5.02 Å². The van der Waals surface area contributed by atoms with Crippen molar-refractivity contribution in [2.24, 2.45) is 11.8 Å². The molecule has 1 aromatic rings. The van der Waals surface area contributed by atoms with Crippen LogP contribution in [-0.4, -0.2) is 11.6 Å². The van der Waals surface area contributed by atoms with E-state index in [2.05, 4.69) is 13.8 Å². The molecule has 1 atom stereocenters. The van der Waals surface area contributed by atoms with Crippen LogP contribution in [0.25, 0.3) is 0 Å². The summed E-state index contributed by atoms with van der Waals surface area (Å²) in [4.78, 5) is 23.5. The highest BCUT2D eigenvalue weighted by Gasteiger charge is 2.17. The number of halogens is 1. The quantitative estimate of drug-likeness (QED) is 0.708. The molecular weight excluding hydrogens is 272 g/mol. The van der Waals surface area contributed by atoms with Crippen molar-refractivity contribution in [3.8, 4) is 0 Å². The van der Waals surface area contributed by atoms with Gasteiger partial charge < -0.3 is 0 Å². The average Bonchev–Trinajstić information content (AvgIpc) is 2.36. The van der Waals surface area contributed by atoms with Crippen LogP contribution in [0.5, 0.6) is 0 Å². The van der Waals surface area contributed by atoms with Crippen LogP contribution >= 0.6 is 11.6 Å². The number of carbonyl (C=O) groups is 2. The van der Waals surface area contributed by atoms with E-state index >= 15 is 0 Å². The zero-order valence-corrected chi connectivity index (χ0v) is 13.2. The molecule has 0 heterocycles. The van der Waals surface area contributed by atoms with Gasteiger partial charge in [0, 0.05) is 23.8 Å². The molecule has 0 radical (unpaired) electrons. The van der Waals surface area contributed by atoms with Crippen LogP contribution in [0.1, 0.15) is 45.6 Å². The van der Waals surface area contributed by atoms with E-state index in [9.17, 15) is 9.59 Å². The first-order valence-corrected chi connectivity index (χ1v) is 7.53. The van der Waals surface area contributed by atoms with Gasteiger partial charge in [0.05, 0.1) is 0 Å². The molecule has 2 nitrogen and oxygen atoms in total. The van der Waals surface area contributed by atoms with E-state index in [1.807, 2.05) is 12.1 Å². The van der Waals surface area contributed by atoms with E-state index in [0.717, 1.165) is 12.0 Å². The third-order valence-electron chi connectivity index (χ3n) is 3.42. The molecule has 1 rings (SSSR count).